The highest BCUT2D eigenvalue weighted by Gasteiger charge is 2.21. The number of benzene rings is 1. The highest BCUT2D eigenvalue weighted by atomic mass is 79.9. The van der Waals surface area contributed by atoms with Gasteiger partial charge in [0.05, 0.1) is 14.7 Å². The predicted molar refractivity (Wildman–Crippen MR) is 88.6 cm³/mol. The van der Waals surface area contributed by atoms with Crippen LogP contribution in [0.25, 0.3) is 0 Å². The van der Waals surface area contributed by atoms with E-state index < -0.39 is 0 Å². The molecule has 1 aromatic carbocycles. The summed E-state index contributed by atoms with van der Waals surface area (Å²) in [6, 6.07) is 6.41. The van der Waals surface area contributed by atoms with Gasteiger partial charge in [0.15, 0.2) is 0 Å². The zero-order valence-corrected chi connectivity index (χ0v) is 14.6. The van der Waals surface area contributed by atoms with Crippen LogP contribution < -0.4 is 5.32 Å². The van der Waals surface area contributed by atoms with Gasteiger partial charge in [0.2, 0.25) is 0 Å². The fourth-order valence-corrected chi connectivity index (χ4v) is 4.07. The van der Waals surface area contributed by atoms with E-state index in [1.54, 1.807) is 6.07 Å². The number of rotatable bonds is 5. The molecule has 0 amide bonds. The van der Waals surface area contributed by atoms with E-state index in [0.29, 0.717) is 13.1 Å². The molecule has 0 saturated heterocycles. The fraction of sp³-hybridized carbons (Fsp3) is 0.286. The summed E-state index contributed by atoms with van der Waals surface area (Å²) in [6.07, 6.45) is 0.991. The Morgan fingerprint density at radius 2 is 2.05 bits per heavy atom. The topological polar surface area (TPSA) is 12.0 Å². The molecule has 6 heteroatoms. The lowest BCUT2D eigenvalue weighted by Crippen LogP contribution is -2.23. The summed E-state index contributed by atoms with van der Waals surface area (Å²) < 4.78 is 15.3. The molecule has 0 saturated carbocycles. The minimum Gasteiger partial charge on any atom is -0.306 e. The van der Waals surface area contributed by atoms with Crippen LogP contribution in [0, 0.1) is 5.82 Å². The Labute approximate surface area is 140 Å². The first kappa shape index (κ1) is 16.2. The van der Waals surface area contributed by atoms with Gasteiger partial charge >= 0.3 is 0 Å². The van der Waals surface area contributed by atoms with Crippen LogP contribution in [0.3, 0.4) is 0 Å². The summed E-state index contributed by atoms with van der Waals surface area (Å²) in [7, 11) is 0. The molecule has 108 valence electrons. The van der Waals surface area contributed by atoms with Crippen LogP contribution in [0.5, 0.6) is 0 Å². The normalized spacial score (nSPS) is 12.7. The molecule has 1 heterocycles. The Hall–Kier alpha value is -0.130. The summed E-state index contributed by atoms with van der Waals surface area (Å²) in [5.74, 6) is -0.274. The first-order valence-corrected chi connectivity index (χ1v) is 8.52. The number of hydrogen-bond donors (Lipinski definition) is 1. The summed E-state index contributed by atoms with van der Waals surface area (Å²) in [4.78, 5) is 0. The van der Waals surface area contributed by atoms with Crippen LogP contribution in [-0.2, 0) is 0 Å². The monoisotopic (exact) mass is 395 g/mol. The zero-order valence-electron chi connectivity index (χ0n) is 10.7. The van der Waals surface area contributed by atoms with Gasteiger partial charge in [-0.15, -0.1) is 11.3 Å². The van der Waals surface area contributed by atoms with Gasteiger partial charge in [-0.2, -0.15) is 0 Å². The van der Waals surface area contributed by atoms with Crippen LogP contribution in [0.4, 0.5) is 4.39 Å². The molecular weight excluding hydrogens is 384 g/mol. The number of halogens is 4. The van der Waals surface area contributed by atoms with E-state index in [1.807, 2.05) is 6.07 Å². The van der Waals surface area contributed by atoms with Gasteiger partial charge in [0.1, 0.15) is 5.82 Å². The van der Waals surface area contributed by atoms with Gasteiger partial charge in [-0.05, 0) is 36.7 Å². The molecule has 1 unspecified atom stereocenters. The van der Waals surface area contributed by atoms with E-state index in [2.05, 4.69) is 28.2 Å². The predicted octanol–water partition coefficient (Wildman–Crippen LogP) is 6.05. The van der Waals surface area contributed by atoms with E-state index >= 15 is 0 Å². The molecule has 0 radical (unpaired) electrons. The molecule has 0 aliphatic rings. The van der Waals surface area contributed by atoms with Gasteiger partial charge in [0.25, 0.3) is 0 Å². The zero-order chi connectivity index (χ0) is 14.7. The van der Waals surface area contributed by atoms with E-state index in [0.717, 1.165) is 24.1 Å². The van der Waals surface area contributed by atoms with Crippen molar-refractivity contribution in [1.82, 2.24) is 5.32 Å². The lowest BCUT2D eigenvalue weighted by molar-refractivity contribution is 0.592. The van der Waals surface area contributed by atoms with Crippen LogP contribution in [0.2, 0.25) is 8.67 Å². The second-order valence-electron chi connectivity index (χ2n) is 4.33. The Bertz CT molecular complexity index is 603. The molecule has 0 aliphatic carbocycles. The number of nitrogens with one attached hydrogen (secondary N) is 1. The van der Waals surface area contributed by atoms with Gasteiger partial charge in [-0.25, -0.2) is 4.39 Å². The van der Waals surface area contributed by atoms with Crippen LogP contribution in [0.15, 0.2) is 28.7 Å². The summed E-state index contributed by atoms with van der Waals surface area (Å²) in [5, 5.41) is 3.43. The summed E-state index contributed by atoms with van der Waals surface area (Å²) >= 11 is 17.0. The maximum atomic E-state index is 13.3. The lowest BCUT2D eigenvalue weighted by atomic mass is 10.0. The third-order valence-corrected chi connectivity index (χ3v) is 5.07. The van der Waals surface area contributed by atoms with E-state index in [1.165, 1.54) is 23.5 Å². The van der Waals surface area contributed by atoms with Crippen molar-refractivity contribution >= 4 is 50.5 Å². The van der Waals surface area contributed by atoms with Crippen molar-refractivity contribution in [2.45, 2.75) is 19.4 Å². The Morgan fingerprint density at radius 3 is 2.60 bits per heavy atom. The maximum absolute atomic E-state index is 13.3. The van der Waals surface area contributed by atoms with Gasteiger partial charge in [-0.3, -0.25) is 0 Å². The Morgan fingerprint density at radius 1 is 1.30 bits per heavy atom. The average molecular weight is 397 g/mol. The van der Waals surface area contributed by atoms with E-state index in [4.69, 9.17) is 23.2 Å². The molecule has 1 atom stereocenters. The molecular formula is C14H13BrCl2FNS. The minimum absolute atomic E-state index is 0.110. The minimum atomic E-state index is -0.274. The average Bonchev–Trinajstić information content (AvgIpc) is 2.71. The van der Waals surface area contributed by atoms with E-state index in [9.17, 15) is 4.39 Å². The highest BCUT2D eigenvalue weighted by molar-refractivity contribution is 9.10. The molecule has 0 fully saturated rings. The summed E-state index contributed by atoms with van der Waals surface area (Å²) in [5.41, 5.74) is 1.86. The third-order valence-electron chi connectivity index (χ3n) is 2.87. The van der Waals surface area contributed by atoms with Gasteiger partial charge < -0.3 is 5.32 Å². The highest BCUT2D eigenvalue weighted by Crippen LogP contribution is 2.39. The standard InChI is InChI=1S/C14H13BrCl2FNS/c1-2-5-19-13(10-7-12(16)20-14(10)17)9-4-3-8(18)6-11(9)15/h3-4,6-7,13,19H,2,5H2,1H3. The third kappa shape index (κ3) is 3.74. The lowest BCUT2D eigenvalue weighted by Gasteiger charge is -2.20. The summed E-state index contributed by atoms with van der Waals surface area (Å²) in [6.45, 7) is 2.92. The van der Waals surface area contributed by atoms with Crippen molar-refractivity contribution < 1.29 is 4.39 Å². The molecule has 1 nitrogen and oxygen atoms in total. The molecule has 0 bridgehead atoms. The number of thiophene rings is 1. The molecule has 0 aliphatic heterocycles. The van der Waals surface area contributed by atoms with Gasteiger partial charge in [0, 0.05) is 10.0 Å². The van der Waals surface area contributed by atoms with Crippen LogP contribution in [0.1, 0.15) is 30.5 Å². The SMILES string of the molecule is CCCNC(c1ccc(F)cc1Br)c1cc(Cl)sc1Cl. The second-order valence-corrected chi connectivity index (χ2v) is 7.47. The van der Waals surface area contributed by atoms with Crippen molar-refractivity contribution in [3.05, 3.63) is 54.4 Å². The van der Waals surface area contributed by atoms with Gasteiger partial charge in [-0.1, -0.05) is 52.1 Å². The Balaban J connectivity index is 2.44. The molecule has 1 N–H and O–H groups in total. The van der Waals surface area contributed by atoms with Crippen molar-refractivity contribution in [2.75, 3.05) is 6.54 Å². The molecule has 0 spiro atoms. The fourth-order valence-electron chi connectivity index (χ4n) is 1.96. The second kappa shape index (κ2) is 7.23. The van der Waals surface area contributed by atoms with Crippen LogP contribution in [-0.4, -0.2) is 6.54 Å². The van der Waals surface area contributed by atoms with Crippen molar-refractivity contribution in [1.29, 1.82) is 0 Å². The largest absolute Gasteiger partial charge is 0.306 e. The van der Waals surface area contributed by atoms with Crippen molar-refractivity contribution in [2.24, 2.45) is 0 Å². The Kier molecular flexibility index (Phi) is 5.87. The van der Waals surface area contributed by atoms with Crippen LogP contribution >= 0.6 is 50.5 Å². The van der Waals surface area contributed by atoms with Crippen molar-refractivity contribution in [3.63, 3.8) is 0 Å². The van der Waals surface area contributed by atoms with Crippen molar-refractivity contribution in [3.8, 4) is 0 Å². The first-order chi connectivity index (χ1) is 9.52. The smallest absolute Gasteiger partial charge is 0.124 e. The number of hydrogen-bond acceptors (Lipinski definition) is 2. The molecule has 2 aromatic rings. The molecule has 20 heavy (non-hydrogen) atoms. The molecule has 1 aromatic heterocycles. The van der Waals surface area contributed by atoms with E-state index in [-0.39, 0.29) is 11.9 Å². The quantitative estimate of drug-likeness (QED) is 0.648. The first-order valence-electron chi connectivity index (χ1n) is 6.16. The molecule has 2 rings (SSSR count). The maximum Gasteiger partial charge on any atom is 0.124 e.